The van der Waals surface area contributed by atoms with Crippen LogP contribution in [-0.2, 0) is 9.53 Å². The number of piperidine rings is 1. The fourth-order valence-corrected chi connectivity index (χ4v) is 2.90. The number of benzene rings is 1. The van der Waals surface area contributed by atoms with Gasteiger partial charge in [0.2, 0.25) is 0 Å². The third kappa shape index (κ3) is 3.96. The number of halogens is 1. The Bertz CT molecular complexity index is 595. The lowest BCUT2D eigenvalue weighted by molar-refractivity contribution is -0.149. The van der Waals surface area contributed by atoms with E-state index in [1.807, 2.05) is 6.92 Å². The molecular formula is C17H22ClNO4. The Morgan fingerprint density at radius 1 is 1.30 bits per heavy atom. The highest BCUT2D eigenvalue weighted by Crippen LogP contribution is 2.29. The summed E-state index contributed by atoms with van der Waals surface area (Å²) in [6.45, 7) is 5.10. The highest BCUT2D eigenvalue weighted by atomic mass is 35.5. The summed E-state index contributed by atoms with van der Waals surface area (Å²) >= 11 is 6.14. The summed E-state index contributed by atoms with van der Waals surface area (Å²) in [7, 11) is 1.53. The molecule has 1 aromatic carbocycles. The number of nitrogens with zero attached hydrogens (tertiary/aromatic N) is 1. The zero-order valence-electron chi connectivity index (χ0n) is 13.7. The van der Waals surface area contributed by atoms with Crippen LogP contribution in [0.3, 0.4) is 0 Å². The van der Waals surface area contributed by atoms with Crippen molar-refractivity contribution in [2.24, 2.45) is 5.92 Å². The van der Waals surface area contributed by atoms with Gasteiger partial charge in [-0.3, -0.25) is 9.59 Å². The molecule has 0 saturated carbocycles. The predicted molar refractivity (Wildman–Crippen MR) is 88.0 cm³/mol. The van der Waals surface area contributed by atoms with E-state index >= 15 is 0 Å². The van der Waals surface area contributed by atoms with Gasteiger partial charge >= 0.3 is 5.97 Å². The van der Waals surface area contributed by atoms with Crippen molar-refractivity contribution in [3.8, 4) is 5.75 Å². The van der Waals surface area contributed by atoms with E-state index in [-0.39, 0.29) is 17.8 Å². The van der Waals surface area contributed by atoms with E-state index in [0.717, 1.165) is 5.56 Å². The normalized spacial score (nSPS) is 15.4. The molecule has 1 heterocycles. The number of methoxy groups -OCH3 is 1. The molecule has 1 saturated heterocycles. The van der Waals surface area contributed by atoms with Gasteiger partial charge in [0.1, 0.15) is 5.75 Å². The third-order valence-corrected chi connectivity index (χ3v) is 4.52. The lowest BCUT2D eigenvalue weighted by Gasteiger charge is -2.31. The Labute approximate surface area is 141 Å². The van der Waals surface area contributed by atoms with Crippen molar-refractivity contribution >= 4 is 23.5 Å². The lowest BCUT2D eigenvalue weighted by atomic mass is 9.96. The molecule has 23 heavy (non-hydrogen) atoms. The first-order valence-corrected chi connectivity index (χ1v) is 8.15. The largest absolute Gasteiger partial charge is 0.496 e. The molecule has 1 fully saturated rings. The minimum absolute atomic E-state index is 0.119. The molecule has 1 aliphatic heterocycles. The molecule has 0 bridgehead atoms. The van der Waals surface area contributed by atoms with Crippen LogP contribution in [0.4, 0.5) is 0 Å². The number of aryl methyl sites for hydroxylation is 1. The van der Waals surface area contributed by atoms with Crippen molar-refractivity contribution < 1.29 is 19.1 Å². The third-order valence-electron chi connectivity index (χ3n) is 4.11. The van der Waals surface area contributed by atoms with Crippen molar-refractivity contribution in [3.05, 3.63) is 28.3 Å². The molecule has 0 spiro atoms. The quantitative estimate of drug-likeness (QED) is 0.791. The minimum atomic E-state index is -0.171. The maximum atomic E-state index is 12.7. The summed E-state index contributed by atoms with van der Waals surface area (Å²) < 4.78 is 10.4. The van der Waals surface area contributed by atoms with Crippen molar-refractivity contribution in [2.75, 3.05) is 26.8 Å². The summed E-state index contributed by atoms with van der Waals surface area (Å²) in [6, 6.07) is 3.41. The lowest BCUT2D eigenvalue weighted by Crippen LogP contribution is -2.40. The number of esters is 1. The molecule has 0 aromatic heterocycles. The van der Waals surface area contributed by atoms with Crippen LogP contribution in [0, 0.1) is 12.8 Å². The number of likely N-dealkylation sites (tertiary alicyclic amines) is 1. The van der Waals surface area contributed by atoms with Gasteiger partial charge in [-0.1, -0.05) is 11.6 Å². The zero-order valence-corrected chi connectivity index (χ0v) is 14.5. The molecular weight excluding hydrogens is 318 g/mol. The second-order valence-corrected chi connectivity index (χ2v) is 6.03. The Morgan fingerprint density at radius 2 is 1.96 bits per heavy atom. The molecule has 0 radical (unpaired) electrons. The molecule has 0 atom stereocenters. The van der Waals surface area contributed by atoms with E-state index in [0.29, 0.717) is 48.9 Å². The van der Waals surface area contributed by atoms with E-state index in [2.05, 4.69) is 0 Å². The van der Waals surface area contributed by atoms with Gasteiger partial charge in [0.25, 0.3) is 5.91 Å². The summed E-state index contributed by atoms with van der Waals surface area (Å²) in [5.74, 6) is 0.105. The standard InChI is InChI=1S/C17H22ClNO4/c1-4-23-17(21)12-5-7-19(8-6-12)16(20)13-10-14(18)11(2)9-15(13)22-3/h9-10,12H,4-8H2,1-3H3. The molecule has 2 rings (SSSR count). The van der Waals surface area contributed by atoms with E-state index < -0.39 is 0 Å². The first-order chi connectivity index (χ1) is 11.0. The van der Waals surface area contributed by atoms with Crippen LogP contribution in [0.2, 0.25) is 5.02 Å². The number of carbonyl (C=O) groups is 2. The van der Waals surface area contributed by atoms with Crippen LogP contribution >= 0.6 is 11.6 Å². The van der Waals surface area contributed by atoms with E-state index in [1.54, 1.807) is 24.0 Å². The summed E-state index contributed by atoms with van der Waals surface area (Å²) in [6.07, 6.45) is 1.24. The van der Waals surface area contributed by atoms with E-state index in [1.165, 1.54) is 7.11 Å². The predicted octanol–water partition coefficient (Wildman–Crippen LogP) is 3.07. The molecule has 6 heteroatoms. The van der Waals surface area contributed by atoms with E-state index in [4.69, 9.17) is 21.1 Å². The number of ether oxygens (including phenoxy) is 2. The van der Waals surface area contributed by atoms with Gasteiger partial charge < -0.3 is 14.4 Å². The SMILES string of the molecule is CCOC(=O)C1CCN(C(=O)c2cc(Cl)c(C)cc2OC)CC1. The van der Waals surface area contributed by atoms with E-state index in [9.17, 15) is 9.59 Å². The summed E-state index contributed by atoms with van der Waals surface area (Å²) in [4.78, 5) is 26.2. The smallest absolute Gasteiger partial charge is 0.309 e. The maximum Gasteiger partial charge on any atom is 0.309 e. The number of hydrogen-bond acceptors (Lipinski definition) is 4. The fraction of sp³-hybridized carbons (Fsp3) is 0.529. The Balaban J connectivity index is 2.08. The molecule has 126 valence electrons. The topological polar surface area (TPSA) is 55.8 Å². The molecule has 5 nitrogen and oxygen atoms in total. The van der Waals surface area contributed by atoms with Gasteiger partial charge in [0, 0.05) is 18.1 Å². The van der Waals surface area contributed by atoms with Gasteiger partial charge in [-0.15, -0.1) is 0 Å². The monoisotopic (exact) mass is 339 g/mol. The highest BCUT2D eigenvalue weighted by Gasteiger charge is 2.29. The van der Waals surface area contributed by atoms with Gasteiger partial charge in [0.15, 0.2) is 0 Å². The van der Waals surface area contributed by atoms with Crippen LogP contribution < -0.4 is 4.74 Å². The van der Waals surface area contributed by atoms with Crippen molar-refractivity contribution in [1.82, 2.24) is 4.90 Å². The first kappa shape index (κ1) is 17.6. The van der Waals surface area contributed by atoms with Crippen LogP contribution in [0.15, 0.2) is 12.1 Å². The highest BCUT2D eigenvalue weighted by molar-refractivity contribution is 6.31. The van der Waals surface area contributed by atoms with Gasteiger partial charge in [-0.2, -0.15) is 0 Å². The number of amides is 1. The second-order valence-electron chi connectivity index (χ2n) is 5.62. The summed E-state index contributed by atoms with van der Waals surface area (Å²) in [5, 5.41) is 0.538. The molecule has 1 aliphatic rings. The maximum absolute atomic E-state index is 12.7. The molecule has 0 unspecified atom stereocenters. The van der Waals surface area contributed by atoms with Crippen LogP contribution in [0.5, 0.6) is 5.75 Å². The Hall–Kier alpha value is -1.75. The zero-order chi connectivity index (χ0) is 17.0. The Kier molecular flexibility index (Phi) is 5.88. The van der Waals surface area contributed by atoms with Crippen LogP contribution in [-0.4, -0.2) is 43.6 Å². The molecule has 0 aliphatic carbocycles. The molecule has 1 aromatic rings. The van der Waals surface area contributed by atoms with Gasteiger partial charge in [-0.05, 0) is 44.4 Å². The van der Waals surface area contributed by atoms with Gasteiger partial charge in [-0.25, -0.2) is 0 Å². The fourth-order valence-electron chi connectivity index (χ4n) is 2.74. The first-order valence-electron chi connectivity index (χ1n) is 7.78. The minimum Gasteiger partial charge on any atom is -0.496 e. The van der Waals surface area contributed by atoms with Crippen molar-refractivity contribution in [1.29, 1.82) is 0 Å². The average Bonchev–Trinajstić information content (AvgIpc) is 2.56. The van der Waals surface area contributed by atoms with Gasteiger partial charge in [0.05, 0.1) is 25.2 Å². The average molecular weight is 340 g/mol. The number of hydrogen-bond donors (Lipinski definition) is 0. The second kappa shape index (κ2) is 7.68. The number of rotatable bonds is 4. The number of carbonyl (C=O) groups excluding carboxylic acids is 2. The molecule has 0 N–H and O–H groups in total. The van der Waals surface area contributed by atoms with Crippen molar-refractivity contribution in [3.63, 3.8) is 0 Å². The van der Waals surface area contributed by atoms with Crippen LogP contribution in [0.1, 0.15) is 35.7 Å². The Morgan fingerprint density at radius 3 is 2.52 bits per heavy atom. The summed E-state index contributed by atoms with van der Waals surface area (Å²) in [5.41, 5.74) is 1.32. The molecule has 1 amide bonds. The van der Waals surface area contributed by atoms with Crippen molar-refractivity contribution in [2.45, 2.75) is 26.7 Å². The van der Waals surface area contributed by atoms with Crippen LogP contribution in [0.25, 0.3) is 0 Å².